The molecule has 8 nitrogen and oxygen atoms in total. The Bertz CT molecular complexity index is 686. The highest BCUT2D eigenvalue weighted by Crippen LogP contribution is 2.41. The molecule has 1 unspecified atom stereocenters. The molecule has 3 rings (SSSR count). The van der Waals surface area contributed by atoms with Gasteiger partial charge < -0.3 is 24.5 Å². The monoisotopic (exact) mass is 435 g/mol. The molecule has 0 aliphatic carbocycles. The summed E-state index contributed by atoms with van der Waals surface area (Å²) in [6, 6.07) is 2.11. The van der Waals surface area contributed by atoms with Crippen molar-refractivity contribution in [3.8, 4) is 0 Å². The molecule has 3 heterocycles. The van der Waals surface area contributed by atoms with E-state index in [1.54, 1.807) is 25.3 Å². The molecular weight excluding hydrogens is 407 g/mol. The van der Waals surface area contributed by atoms with Gasteiger partial charge in [-0.05, 0) is 43.8 Å². The van der Waals surface area contributed by atoms with Crippen molar-refractivity contribution in [3.63, 3.8) is 0 Å². The lowest BCUT2D eigenvalue weighted by atomic mass is 9.69. The minimum Gasteiger partial charge on any atom is -0.475 e. The van der Waals surface area contributed by atoms with Gasteiger partial charge in [-0.2, -0.15) is 13.2 Å². The average Bonchev–Trinajstić information content (AvgIpc) is 3.18. The Kier molecular flexibility index (Phi) is 8.13. The minimum atomic E-state index is -5.08. The summed E-state index contributed by atoms with van der Waals surface area (Å²) in [6.45, 7) is 4.48. The maximum atomic E-state index is 12.1. The fraction of sp³-hybridized carbons (Fsp3) is 0.684. The maximum absolute atomic E-state index is 12.1. The van der Waals surface area contributed by atoms with Crippen LogP contribution in [0, 0.1) is 5.41 Å². The normalized spacial score (nSPS) is 21.4. The molecule has 1 aromatic heterocycles. The van der Waals surface area contributed by atoms with Crippen LogP contribution >= 0.6 is 0 Å². The summed E-state index contributed by atoms with van der Waals surface area (Å²) in [5.41, 5.74) is 1.40. The molecule has 2 aliphatic heterocycles. The number of furan rings is 1. The second-order valence-electron chi connectivity index (χ2n) is 7.79. The van der Waals surface area contributed by atoms with E-state index in [-0.39, 0.29) is 17.5 Å². The first-order valence-corrected chi connectivity index (χ1v) is 9.62. The number of ether oxygens (including phenoxy) is 1. The number of urea groups is 1. The van der Waals surface area contributed by atoms with Crippen molar-refractivity contribution in [3.05, 3.63) is 24.2 Å². The highest BCUT2D eigenvalue weighted by molar-refractivity contribution is 5.74. The maximum Gasteiger partial charge on any atom is 0.490 e. The number of likely N-dealkylation sites (tertiary alicyclic amines) is 1. The molecular formula is C19H28F3N3O5. The van der Waals surface area contributed by atoms with E-state index >= 15 is 0 Å². The van der Waals surface area contributed by atoms with Crippen molar-refractivity contribution < 1.29 is 37.0 Å². The Hall–Kier alpha value is -2.27. The number of carboxylic acid groups (broad SMARTS) is 1. The van der Waals surface area contributed by atoms with Crippen LogP contribution in [0.15, 0.2) is 23.0 Å². The molecule has 0 aromatic carbocycles. The van der Waals surface area contributed by atoms with Crippen molar-refractivity contribution in [1.82, 2.24) is 15.1 Å². The Balaban J connectivity index is 0.000000396. The van der Waals surface area contributed by atoms with E-state index in [0.29, 0.717) is 6.61 Å². The zero-order chi connectivity index (χ0) is 22.4. The summed E-state index contributed by atoms with van der Waals surface area (Å²) in [4.78, 5) is 25.0. The van der Waals surface area contributed by atoms with E-state index in [1.165, 1.54) is 5.56 Å². The van der Waals surface area contributed by atoms with Gasteiger partial charge in [-0.1, -0.05) is 0 Å². The molecule has 0 saturated carbocycles. The lowest BCUT2D eigenvalue weighted by Gasteiger charge is -2.49. The van der Waals surface area contributed by atoms with Gasteiger partial charge in [-0.15, -0.1) is 0 Å². The number of carbonyl (C=O) groups is 2. The highest BCUT2D eigenvalue weighted by Gasteiger charge is 2.44. The van der Waals surface area contributed by atoms with Crippen LogP contribution < -0.4 is 5.32 Å². The summed E-state index contributed by atoms with van der Waals surface area (Å²) in [5, 5.41) is 10.3. The van der Waals surface area contributed by atoms with Gasteiger partial charge in [0.15, 0.2) is 0 Å². The van der Waals surface area contributed by atoms with Gasteiger partial charge in [-0.25, -0.2) is 9.59 Å². The van der Waals surface area contributed by atoms with Gasteiger partial charge in [-0.3, -0.25) is 4.90 Å². The zero-order valence-electron chi connectivity index (χ0n) is 17.1. The predicted molar refractivity (Wildman–Crippen MR) is 101 cm³/mol. The number of carboxylic acids is 1. The number of aliphatic carboxylic acids is 1. The number of alkyl halides is 3. The third kappa shape index (κ3) is 6.63. The third-order valence-electron chi connectivity index (χ3n) is 5.55. The Morgan fingerprint density at radius 2 is 1.93 bits per heavy atom. The standard InChI is InChI=1S/C17H27N3O3.C2HF3O2/c1-19(2)16(21)18-15-13-23-10-6-17(15)4-7-20(8-5-17)11-14-3-9-22-12-14;3-2(4,5)1(6)7/h3,9,12,15H,4-8,10-11,13H2,1-2H3,(H,18,21);(H,6,7). The van der Waals surface area contributed by atoms with Crippen LogP contribution in [0.3, 0.4) is 0 Å². The van der Waals surface area contributed by atoms with E-state index in [2.05, 4.69) is 10.2 Å². The van der Waals surface area contributed by atoms with Gasteiger partial charge in [0.25, 0.3) is 0 Å². The van der Waals surface area contributed by atoms with Crippen LogP contribution in [0.1, 0.15) is 24.8 Å². The number of piperidine rings is 1. The lowest BCUT2D eigenvalue weighted by Crippen LogP contribution is -2.58. The number of amides is 2. The van der Waals surface area contributed by atoms with Crippen LogP contribution in [-0.2, 0) is 16.1 Å². The van der Waals surface area contributed by atoms with E-state index < -0.39 is 12.1 Å². The quantitative estimate of drug-likeness (QED) is 0.758. The fourth-order valence-corrected chi connectivity index (χ4v) is 3.70. The molecule has 1 atom stereocenters. The van der Waals surface area contributed by atoms with Gasteiger partial charge in [0.05, 0.1) is 25.2 Å². The van der Waals surface area contributed by atoms with Crippen LogP contribution in [0.4, 0.5) is 18.0 Å². The first-order valence-electron chi connectivity index (χ1n) is 9.62. The van der Waals surface area contributed by atoms with E-state index in [9.17, 15) is 18.0 Å². The third-order valence-corrected chi connectivity index (χ3v) is 5.55. The summed E-state index contributed by atoms with van der Waals surface area (Å²) >= 11 is 0. The zero-order valence-corrected chi connectivity index (χ0v) is 17.1. The van der Waals surface area contributed by atoms with E-state index in [4.69, 9.17) is 19.1 Å². The smallest absolute Gasteiger partial charge is 0.475 e. The SMILES string of the molecule is CN(C)C(=O)NC1COCCC12CCN(Cc1ccoc1)CC2.O=C(O)C(F)(F)F. The largest absolute Gasteiger partial charge is 0.490 e. The first-order chi connectivity index (χ1) is 14.0. The second kappa shape index (κ2) is 10.2. The average molecular weight is 435 g/mol. The van der Waals surface area contributed by atoms with E-state index in [1.807, 2.05) is 12.3 Å². The number of nitrogens with zero attached hydrogens (tertiary/aromatic N) is 2. The van der Waals surface area contributed by atoms with Gasteiger partial charge in [0.1, 0.15) is 0 Å². The molecule has 170 valence electrons. The Labute approximate surface area is 172 Å². The van der Waals surface area contributed by atoms with Crippen LogP contribution in [0.25, 0.3) is 0 Å². The lowest BCUT2D eigenvalue weighted by molar-refractivity contribution is -0.192. The summed E-state index contributed by atoms with van der Waals surface area (Å²) in [5.74, 6) is -2.76. The molecule has 1 spiro atoms. The van der Waals surface area contributed by atoms with Crippen molar-refractivity contribution >= 4 is 12.0 Å². The minimum absolute atomic E-state index is 0.0271. The van der Waals surface area contributed by atoms with Gasteiger partial charge in [0.2, 0.25) is 0 Å². The van der Waals surface area contributed by atoms with Crippen LogP contribution in [-0.4, -0.2) is 79.5 Å². The highest BCUT2D eigenvalue weighted by atomic mass is 19.4. The number of carbonyl (C=O) groups excluding carboxylic acids is 1. The molecule has 2 N–H and O–H groups in total. The van der Waals surface area contributed by atoms with Crippen molar-refractivity contribution in [2.75, 3.05) is 40.4 Å². The summed E-state index contributed by atoms with van der Waals surface area (Å²) in [7, 11) is 3.55. The van der Waals surface area contributed by atoms with Gasteiger partial charge in [0, 0.05) is 32.8 Å². The Morgan fingerprint density at radius 3 is 2.43 bits per heavy atom. The van der Waals surface area contributed by atoms with E-state index in [0.717, 1.165) is 45.5 Å². The molecule has 30 heavy (non-hydrogen) atoms. The predicted octanol–water partition coefficient (Wildman–Crippen LogP) is 2.56. The van der Waals surface area contributed by atoms with Crippen molar-refractivity contribution in [2.24, 2.45) is 5.41 Å². The molecule has 0 bridgehead atoms. The van der Waals surface area contributed by atoms with Crippen LogP contribution in [0.5, 0.6) is 0 Å². The molecule has 0 radical (unpaired) electrons. The number of nitrogens with one attached hydrogen (secondary N) is 1. The Morgan fingerprint density at radius 1 is 1.30 bits per heavy atom. The fourth-order valence-electron chi connectivity index (χ4n) is 3.70. The van der Waals surface area contributed by atoms with Crippen LogP contribution in [0.2, 0.25) is 0 Å². The summed E-state index contributed by atoms with van der Waals surface area (Å²) < 4.78 is 42.5. The van der Waals surface area contributed by atoms with Gasteiger partial charge >= 0.3 is 18.2 Å². The molecule has 11 heteroatoms. The molecule has 1 aromatic rings. The summed E-state index contributed by atoms with van der Waals surface area (Å²) in [6.07, 6.45) is 1.70. The molecule has 2 saturated heterocycles. The topological polar surface area (TPSA) is 95.3 Å². The number of halogens is 3. The first kappa shape index (κ1) is 24.0. The number of rotatable bonds is 3. The van der Waals surface area contributed by atoms with Crippen molar-refractivity contribution in [2.45, 2.75) is 38.0 Å². The van der Waals surface area contributed by atoms with Crippen molar-refractivity contribution in [1.29, 1.82) is 0 Å². The molecule has 2 amide bonds. The molecule has 2 aliphatic rings. The molecule has 2 fully saturated rings. The number of hydrogen-bond acceptors (Lipinski definition) is 5. The number of hydrogen-bond donors (Lipinski definition) is 2. The second-order valence-corrected chi connectivity index (χ2v) is 7.79.